The van der Waals surface area contributed by atoms with Crippen molar-refractivity contribution in [2.24, 2.45) is 0 Å². The first kappa shape index (κ1) is 28.4. The topological polar surface area (TPSA) is 54.1 Å². The largest absolute Gasteiger partial charge is 0.497 e. The van der Waals surface area contributed by atoms with E-state index in [4.69, 9.17) is 19.6 Å². The zero-order chi connectivity index (χ0) is 31.1. The van der Waals surface area contributed by atoms with Gasteiger partial charge in [-0.1, -0.05) is 43.7 Å². The van der Waals surface area contributed by atoms with Crippen LogP contribution >= 0.6 is 0 Å². The number of hydrogen-bond donors (Lipinski definition) is 0. The molecule has 0 saturated carbocycles. The number of methoxy groups -OCH3 is 1. The summed E-state index contributed by atoms with van der Waals surface area (Å²) in [5, 5.41) is 7.19. The van der Waals surface area contributed by atoms with Crippen molar-refractivity contribution in [3.63, 3.8) is 0 Å². The van der Waals surface area contributed by atoms with Crippen LogP contribution in [0.2, 0.25) is 0 Å². The van der Waals surface area contributed by atoms with Crippen LogP contribution in [0, 0.1) is 20.8 Å². The second-order valence-corrected chi connectivity index (χ2v) is 11.6. The fraction of sp³-hybridized carbons (Fsp3) is 0.179. The van der Waals surface area contributed by atoms with Crippen LogP contribution in [-0.2, 0) is 6.42 Å². The summed E-state index contributed by atoms with van der Waals surface area (Å²) < 4.78 is 16.5. The van der Waals surface area contributed by atoms with Gasteiger partial charge in [0.15, 0.2) is 0 Å². The summed E-state index contributed by atoms with van der Waals surface area (Å²) in [7, 11) is 1.70. The Morgan fingerprint density at radius 3 is 2.33 bits per heavy atom. The summed E-state index contributed by atoms with van der Waals surface area (Å²) in [6.45, 7) is 8.50. The summed E-state index contributed by atoms with van der Waals surface area (Å²) in [5.41, 5.74) is 9.87. The lowest BCUT2D eigenvalue weighted by molar-refractivity contribution is 0.415. The molecule has 3 heterocycles. The third-order valence-corrected chi connectivity index (χ3v) is 8.40. The van der Waals surface area contributed by atoms with Crippen LogP contribution in [0.4, 0.5) is 0 Å². The van der Waals surface area contributed by atoms with Crippen LogP contribution in [0.15, 0.2) is 103 Å². The van der Waals surface area contributed by atoms with E-state index >= 15 is 0 Å². The number of pyridine rings is 1. The summed E-state index contributed by atoms with van der Waals surface area (Å²) in [5.74, 6) is 3.22. The number of ether oxygens (including phenoxy) is 2. The van der Waals surface area contributed by atoms with Crippen molar-refractivity contribution in [3.8, 4) is 39.9 Å². The van der Waals surface area contributed by atoms with Crippen molar-refractivity contribution in [3.05, 3.63) is 126 Å². The second-order valence-electron chi connectivity index (χ2n) is 11.6. The Hall–Kier alpha value is -5.36. The van der Waals surface area contributed by atoms with Crippen molar-refractivity contribution in [2.75, 3.05) is 7.11 Å². The lowest BCUT2D eigenvalue weighted by Gasteiger charge is -2.13. The van der Waals surface area contributed by atoms with Gasteiger partial charge >= 0.3 is 0 Å². The van der Waals surface area contributed by atoms with Crippen LogP contribution < -0.4 is 9.47 Å². The van der Waals surface area contributed by atoms with Crippen molar-refractivity contribution in [2.45, 2.75) is 40.5 Å². The van der Waals surface area contributed by atoms with E-state index < -0.39 is 0 Å². The van der Waals surface area contributed by atoms with E-state index in [-0.39, 0.29) is 0 Å². The SMILES string of the molecule is CCCc1cc(Oc2ccc3c4cc(OC)ccc4n(-c4cc(C)ccn4)c3c2)cc(-n2nc(C)c(-c3ccccc3)c2C)c1. The molecule has 224 valence electrons. The van der Waals surface area contributed by atoms with E-state index in [1.54, 1.807) is 7.11 Å². The number of aryl methyl sites for hydroxylation is 3. The minimum Gasteiger partial charge on any atom is -0.497 e. The molecule has 3 aromatic heterocycles. The molecule has 0 unspecified atom stereocenters. The first-order valence-electron chi connectivity index (χ1n) is 15.4. The highest BCUT2D eigenvalue weighted by Crippen LogP contribution is 2.37. The van der Waals surface area contributed by atoms with Crippen molar-refractivity contribution in [1.82, 2.24) is 19.3 Å². The van der Waals surface area contributed by atoms with Gasteiger partial charge in [-0.2, -0.15) is 5.10 Å². The minimum absolute atomic E-state index is 0.754. The van der Waals surface area contributed by atoms with E-state index in [1.807, 2.05) is 35.1 Å². The van der Waals surface area contributed by atoms with Crippen LogP contribution in [0.1, 0.15) is 35.9 Å². The molecular formula is C39H36N4O2. The molecular weight excluding hydrogens is 556 g/mol. The molecule has 0 aliphatic rings. The van der Waals surface area contributed by atoms with E-state index in [0.29, 0.717) is 0 Å². The molecule has 45 heavy (non-hydrogen) atoms. The average molecular weight is 593 g/mol. The van der Waals surface area contributed by atoms with Gasteiger partial charge in [-0.25, -0.2) is 9.67 Å². The molecule has 0 saturated heterocycles. The number of aromatic nitrogens is 4. The molecule has 0 bridgehead atoms. The maximum absolute atomic E-state index is 6.65. The molecule has 0 amide bonds. The molecule has 6 heteroatoms. The zero-order valence-corrected chi connectivity index (χ0v) is 26.3. The van der Waals surface area contributed by atoms with Gasteiger partial charge in [0.05, 0.1) is 29.5 Å². The first-order chi connectivity index (χ1) is 21.9. The standard InChI is InChI=1S/C39H36N4O2/c1-6-10-28-20-30(43-27(4)39(26(3)41-43)29-11-8-7-9-12-29)22-33(21-28)45-32-13-15-34-35-23-31(44-5)14-16-36(35)42(37(34)24-32)38-19-25(2)17-18-40-38/h7-9,11-24H,6,10H2,1-5H3. The fourth-order valence-electron chi connectivity index (χ4n) is 6.37. The van der Waals surface area contributed by atoms with Crippen LogP contribution in [-0.4, -0.2) is 26.4 Å². The average Bonchev–Trinajstić information content (AvgIpc) is 3.53. The third-order valence-electron chi connectivity index (χ3n) is 8.40. The molecule has 0 radical (unpaired) electrons. The summed E-state index contributed by atoms with van der Waals surface area (Å²) in [4.78, 5) is 4.74. The minimum atomic E-state index is 0.754. The lowest BCUT2D eigenvalue weighted by Crippen LogP contribution is -2.01. The molecule has 6 nitrogen and oxygen atoms in total. The quantitative estimate of drug-likeness (QED) is 0.176. The Morgan fingerprint density at radius 1 is 0.733 bits per heavy atom. The predicted molar refractivity (Wildman–Crippen MR) is 182 cm³/mol. The lowest BCUT2D eigenvalue weighted by atomic mass is 10.0. The Kier molecular flexibility index (Phi) is 7.34. The monoisotopic (exact) mass is 592 g/mol. The van der Waals surface area contributed by atoms with E-state index in [1.165, 1.54) is 16.7 Å². The van der Waals surface area contributed by atoms with Crippen LogP contribution in [0.25, 0.3) is 44.4 Å². The Morgan fingerprint density at radius 2 is 1.56 bits per heavy atom. The first-order valence-corrected chi connectivity index (χ1v) is 15.4. The fourth-order valence-corrected chi connectivity index (χ4v) is 6.37. The van der Waals surface area contributed by atoms with Gasteiger partial charge in [0.25, 0.3) is 0 Å². The van der Waals surface area contributed by atoms with Crippen LogP contribution in [0.3, 0.4) is 0 Å². The van der Waals surface area contributed by atoms with E-state index in [2.05, 4.69) is 105 Å². The van der Waals surface area contributed by atoms with Crippen molar-refractivity contribution >= 4 is 21.8 Å². The molecule has 0 N–H and O–H groups in total. The van der Waals surface area contributed by atoms with Crippen molar-refractivity contribution < 1.29 is 9.47 Å². The number of rotatable bonds is 8. The number of nitrogens with zero attached hydrogens (tertiary/aromatic N) is 4. The molecule has 0 aliphatic heterocycles. The highest BCUT2D eigenvalue weighted by atomic mass is 16.5. The highest BCUT2D eigenvalue weighted by molar-refractivity contribution is 6.10. The molecule has 7 rings (SSSR count). The smallest absolute Gasteiger partial charge is 0.137 e. The molecule has 0 fully saturated rings. The highest BCUT2D eigenvalue weighted by Gasteiger charge is 2.18. The van der Waals surface area contributed by atoms with Gasteiger partial charge in [0.1, 0.15) is 23.1 Å². The van der Waals surface area contributed by atoms with Crippen LogP contribution in [0.5, 0.6) is 17.2 Å². The molecule has 0 aliphatic carbocycles. The van der Waals surface area contributed by atoms with E-state index in [9.17, 15) is 0 Å². The number of hydrogen-bond acceptors (Lipinski definition) is 4. The molecule has 0 atom stereocenters. The van der Waals surface area contributed by atoms with Gasteiger partial charge in [-0.3, -0.25) is 4.57 Å². The maximum atomic E-state index is 6.65. The molecule has 7 aromatic rings. The summed E-state index contributed by atoms with van der Waals surface area (Å²) in [6.07, 6.45) is 3.84. The van der Waals surface area contributed by atoms with Gasteiger partial charge in [-0.15, -0.1) is 0 Å². The van der Waals surface area contributed by atoms with Gasteiger partial charge in [-0.05, 0) is 98.5 Å². The molecule has 4 aromatic carbocycles. The number of benzene rings is 4. The normalized spacial score (nSPS) is 11.4. The summed E-state index contributed by atoms with van der Waals surface area (Å²) in [6, 6.07) is 33.5. The zero-order valence-electron chi connectivity index (χ0n) is 26.3. The number of fused-ring (bicyclic) bond motifs is 3. The Balaban J connectivity index is 1.34. The summed E-state index contributed by atoms with van der Waals surface area (Å²) >= 11 is 0. The third kappa shape index (κ3) is 5.22. The van der Waals surface area contributed by atoms with Gasteiger partial charge in [0.2, 0.25) is 0 Å². The Labute approximate surface area is 263 Å². The van der Waals surface area contributed by atoms with Gasteiger partial charge in [0, 0.05) is 40.4 Å². The predicted octanol–water partition coefficient (Wildman–Crippen LogP) is 9.71. The van der Waals surface area contributed by atoms with Crippen molar-refractivity contribution in [1.29, 1.82) is 0 Å². The van der Waals surface area contributed by atoms with Gasteiger partial charge < -0.3 is 9.47 Å². The maximum Gasteiger partial charge on any atom is 0.137 e. The van der Waals surface area contributed by atoms with E-state index in [0.717, 1.165) is 80.4 Å². The second kappa shape index (κ2) is 11.6. The molecule has 0 spiro atoms. The Bertz CT molecular complexity index is 2180.